The maximum atomic E-state index is 14.0. The monoisotopic (exact) mass is 617 g/mol. The van der Waals surface area contributed by atoms with Crippen LogP contribution < -0.4 is 0 Å². The molecule has 1 heterocycles. The van der Waals surface area contributed by atoms with Gasteiger partial charge in [-0.05, 0) is 86.6 Å². The van der Waals surface area contributed by atoms with Gasteiger partial charge in [-0.15, -0.1) is 0 Å². The van der Waals surface area contributed by atoms with Gasteiger partial charge in [-0.1, -0.05) is 6.07 Å². The molecule has 0 bridgehead atoms. The number of carboxylic acids is 1. The maximum absolute atomic E-state index is 14.0. The second-order valence-corrected chi connectivity index (χ2v) is 11.5. The van der Waals surface area contributed by atoms with E-state index in [0.29, 0.717) is 62.0 Å². The Morgan fingerprint density at radius 2 is 1.51 bits per heavy atom. The Kier molecular flexibility index (Phi) is 9.34. The van der Waals surface area contributed by atoms with E-state index in [1.807, 2.05) is 0 Å². The third-order valence-corrected chi connectivity index (χ3v) is 8.79. The number of carbonyl (C=O) groups is 2. The second-order valence-electron chi connectivity index (χ2n) is 11.5. The summed E-state index contributed by atoms with van der Waals surface area (Å²) in [4.78, 5) is 30.1. The number of hydrogen-bond donors (Lipinski definition) is 1. The van der Waals surface area contributed by atoms with Gasteiger partial charge in [0.05, 0.1) is 29.1 Å². The van der Waals surface area contributed by atoms with Gasteiger partial charge < -0.3 is 14.9 Å². The molecule has 2 atom stereocenters. The van der Waals surface area contributed by atoms with Crippen molar-refractivity contribution in [1.29, 1.82) is 0 Å². The fourth-order valence-electron chi connectivity index (χ4n) is 6.14. The lowest BCUT2D eigenvalue weighted by Gasteiger charge is -2.47. The van der Waals surface area contributed by atoms with Gasteiger partial charge in [0.25, 0.3) is 0 Å². The normalized spacial score (nSPS) is 22.7. The largest absolute Gasteiger partial charge is 0.481 e. The molecule has 236 valence electrons. The zero-order chi connectivity index (χ0) is 31.9. The average Bonchev–Trinajstić information content (AvgIpc) is 2.94. The molecule has 6 nitrogen and oxygen atoms in total. The number of aliphatic carboxylic acids is 1. The molecule has 1 saturated heterocycles. The van der Waals surface area contributed by atoms with Crippen molar-refractivity contribution in [2.24, 2.45) is 5.92 Å². The highest BCUT2D eigenvalue weighted by Gasteiger charge is 2.40. The fourth-order valence-corrected chi connectivity index (χ4v) is 6.14. The molecule has 2 aromatic carbocycles. The first kappa shape index (κ1) is 32.6. The van der Waals surface area contributed by atoms with Gasteiger partial charge in [-0.25, -0.2) is 9.18 Å². The summed E-state index contributed by atoms with van der Waals surface area (Å²) >= 11 is 0. The quantitative estimate of drug-likeness (QED) is 0.358. The third-order valence-electron chi connectivity index (χ3n) is 8.79. The molecule has 2 amide bonds. The molecule has 0 aromatic heterocycles. The number of aryl methyl sites for hydroxylation is 1. The van der Waals surface area contributed by atoms with E-state index >= 15 is 0 Å². The van der Waals surface area contributed by atoms with E-state index in [2.05, 4.69) is 4.90 Å². The van der Waals surface area contributed by atoms with Crippen LogP contribution in [0.4, 0.5) is 35.5 Å². The van der Waals surface area contributed by atoms with E-state index in [-0.39, 0.29) is 24.2 Å². The van der Waals surface area contributed by atoms with Crippen molar-refractivity contribution in [1.82, 2.24) is 14.7 Å². The molecule has 0 spiro atoms. The molecule has 2 fully saturated rings. The molecule has 0 radical (unpaired) electrons. The van der Waals surface area contributed by atoms with Gasteiger partial charge in [0.1, 0.15) is 5.82 Å². The van der Waals surface area contributed by atoms with E-state index in [9.17, 15) is 45.4 Å². The molecular formula is C30H34F7N3O3. The van der Waals surface area contributed by atoms with Crippen LogP contribution in [0.1, 0.15) is 72.5 Å². The van der Waals surface area contributed by atoms with Crippen LogP contribution in [-0.4, -0.2) is 64.5 Å². The first-order valence-electron chi connectivity index (χ1n) is 14.0. The smallest absolute Gasteiger partial charge is 0.416 e. The van der Waals surface area contributed by atoms with Crippen LogP contribution in [0.5, 0.6) is 0 Å². The molecule has 1 aliphatic carbocycles. The molecule has 1 aliphatic heterocycles. The highest BCUT2D eigenvalue weighted by atomic mass is 19.4. The van der Waals surface area contributed by atoms with Crippen molar-refractivity contribution in [2.75, 3.05) is 26.7 Å². The summed E-state index contributed by atoms with van der Waals surface area (Å²) in [6.07, 6.45) is -7.68. The van der Waals surface area contributed by atoms with Crippen LogP contribution in [-0.2, 0) is 17.1 Å². The summed E-state index contributed by atoms with van der Waals surface area (Å²) in [6.45, 7) is 4.06. The minimum absolute atomic E-state index is 0.0501. The van der Waals surface area contributed by atoms with E-state index < -0.39 is 59.3 Å². The van der Waals surface area contributed by atoms with E-state index in [0.717, 1.165) is 4.90 Å². The number of amides is 2. The molecular weight excluding hydrogens is 583 g/mol. The first-order chi connectivity index (χ1) is 20.0. The van der Waals surface area contributed by atoms with Gasteiger partial charge in [0.2, 0.25) is 0 Å². The molecule has 2 aliphatic rings. The van der Waals surface area contributed by atoms with Crippen molar-refractivity contribution in [3.8, 4) is 0 Å². The summed E-state index contributed by atoms with van der Waals surface area (Å²) in [5, 5.41) is 9.36. The third kappa shape index (κ3) is 7.25. The molecule has 43 heavy (non-hydrogen) atoms. The van der Waals surface area contributed by atoms with Gasteiger partial charge in [0, 0.05) is 32.7 Å². The molecule has 13 heteroatoms. The summed E-state index contributed by atoms with van der Waals surface area (Å²) < 4.78 is 94.9. The van der Waals surface area contributed by atoms with Crippen LogP contribution in [0.25, 0.3) is 0 Å². The van der Waals surface area contributed by atoms with Crippen LogP contribution in [0.3, 0.4) is 0 Å². The lowest BCUT2D eigenvalue weighted by molar-refractivity contribution is -0.144. The Labute approximate surface area is 245 Å². The maximum Gasteiger partial charge on any atom is 0.416 e. The number of benzene rings is 2. The van der Waals surface area contributed by atoms with E-state index in [4.69, 9.17) is 0 Å². The van der Waals surface area contributed by atoms with Crippen molar-refractivity contribution in [2.45, 2.75) is 70.0 Å². The summed E-state index contributed by atoms with van der Waals surface area (Å²) in [7, 11) is 1.33. The number of alkyl halides is 6. The number of carbonyl (C=O) groups excluding carboxylic acids is 1. The predicted octanol–water partition coefficient (Wildman–Crippen LogP) is 7.29. The van der Waals surface area contributed by atoms with Gasteiger partial charge in [-0.2, -0.15) is 26.3 Å². The highest BCUT2D eigenvalue weighted by molar-refractivity contribution is 5.75. The van der Waals surface area contributed by atoms with Crippen LogP contribution in [0.15, 0.2) is 36.4 Å². The molecule has 0 unspecified atom stereocenters. The Hall–Kier alpha value is -3.35. The summed E-state index contributed by atoms with van der Waals surface area (Å²) in [6, 6.07) is 3.24. The number of nitrogens with zero attached hydrogens (tertiary/aromatic N) is 3. The minimum Gasteiger partial charge on any atom is -0.481 e. The topological polar surface area (TPSA) is 64.1 Å². The predicted molar refractivity (Wildman–Crippen MR) is 144 cm³/mol. The van der Waals surface area contributed by atoms with E-state index in [1.54, 1.807) is 13.0 Å². The van der Waals surface area contributed by atoms with Crippen LogP contribution >= 0.6 is 0 Å². The van der Waals surface area contributed by atoms with Crippen molar-refractivity contribution >= 4 is 12.0 Å². The summed E-state index contributed by atoms with van der Waals surface area (Å²) in [5.74, 6) is -1.69. The number of piperazine rings is 1. The van der Waals surface area contributed by atoms with Crippen molar-refractivity contribution < 1.29 is 45.4 Å². The average molecular weight is 618 g/mol. The molecule has 1 N–H and O–H groups in total. The number of carboxylic acid groups (broad SMARTS) is 1. The number of urea groups is 1. The summed E-state index contributed by atoms with van der Waals surface area (Å²) in [5.41, 5.74) is -1.99. The van der Waals surface area contributed by atoms with E-state index in [1.165, 1.54) is 31.0 Å². The van der Waals surface area contributed by atoms with Crippen molar-refractivity contribution in [3.63, 3.8) is 0 Å². The Morgan fingerprint density at radius 1 is 0.930 bits per heavy atom. The van der Waals surface area contributed by atoms with Gasteiger partial charge in [-0.3, -0.25) is 9.69 Å². The zero-order valence-corrected chi connectivity index (χ0v) is 24.0. The zero-order valence-electron chi connectivity index (χ0n) is 24.0. The Balaban J connectivity index is 1.62. The van der Waals surface area contributed by atoms with Crippen molar-refractivity contribution in [3.05, 3.63) is 70.0 Å². The highest BCUT2D eigenvalue weighted by Crippen LogP contribution is 2.39. The first-order valence-corrected chi connectivity index (χ1v) is 14.0. The minimum atomic E-state index is -5.02. The van der Waals surface area contributed by atoms with Gasteiger partial charge >= 0.3 is 24.4 Å². The van der Waals surface area contributed by atoms with Gasteiger partial charge in [0.15, 0.2) is 0 Å². The Morgan fingerprint density at radius 3 is 2.02 bits per heavy atom. The fraction of sp³-hybridized carbons (Fsp3) is 0.533. The molecule has 4 rings (SSSR count). The SMILES string of the molecule is Cc1cc(F)ccc1[C@H]1CN(C2CCC(C(=O)O)CC2)CCN1C(=O)N(C)[C@H](C)c1cc(C(F)(F)F)cc(C(F)(F)F)c1. The van der Waals surface area contributed by atoms with Crippen LogP contribution in [0.2, 0.25) is 0 Å². The molecule has 1 saturated carbocycles. The molecule has 2 aromatic rings. The lowest BCUT2D eigenvalue weighted by Crippen LogP contribution is -2.56. The van der Waals surface area contributed by atoms with Crippen LogP contribution in [0, 0.1) is 18.7 Å². The Bertz CT molecular complexity index is 1310. The standard InChI is InChI=1S/C30H34F7N3O3/c1-17-12-23(31)6-9-25(17)26-16-39(24-7-4-19(5-8-24)27(41)42)10-11-40(26)28(43)38(3)18(2)20-13-21(29(32,33)34)15-22(14-20)30(35,36)37/h6,9,12-15,18-19,24,26H,4-5,7-8,10-11,16H2,1-3H3,(H,41,42)/t18-,19?,24?,26-/m1/s1. The number of rotatable bonds is 5. The number of halogens is 7. The number of hydrogen-bond acceptors (Lipinski definition) is 3. The second kappa shape index (κ2) is 12.3. The lowest BCUT2D eigenvalue weighted by atomic mass is 9.84.